The van der Waals surface area contributed by atoms with Crippen LogP contribution in [-0.2, 0) is 6.54 Å². The van der Waals surface area contributed by atoms with Crippen molar-refractivity contribution in [2.45, 2.75) is 20.4 Å². The largest absolute Gasteiger partial charge is 0.504 e. The van der Waals surface area contributed by atoms with Crippen LogP contribution in [0.4, 0.5) is 0 Å². The van der Waals surface area contributed by atoms with Crippen molar-refractivity contribution in [2.75, 3.05) is 13.2 Å². The lowest BCUT2D eigenvalue weighted by Gasteiger charge is -2.19. The van der Waals surface area contributed by atoms with E-state index in [1.807, 2.05) is 44.2 Å². The summed E-state index contributed by atoms with van der Waals surface area (Å²) in [7, 11) is 0. The lowest BCUT2D eigenvalue weighted by Crippen LogP contribution is -2.32. The van der Waals surface area contributed by atoms with Gasteiger partial charge in [-0.1, -0.05) is 24.3 Å². The zero-order valence-corrected chi connectivity index (χ0v) is 15.3. The van der Waals surface area contributed by atoms with E-state index in [2.05, 4.69) is 10.2 Å². The molecule has 0 saturated carbocycles. The molecule has 6 nitrogen and oxygen atoms in total. The molecule has 1 aliphatic rings. The van der Waals surface area contributed by atoms with Crippen LogP contribution < -0.4 is 4.74 Å². The summed E-state index contributed by atoms with van der Waals surface area (Å²) in [4.78, 5) is 14.5. The molecular weight excluding hydrogens is 342 g/mol. The van der Waals surface area contributed by atoms with Gasteiger partial charge in [0.05, 0.1) is 6.54 Å². The van der Waals surface area contributed by atoms with E-state index in [-0.39, 0.29) is 11.7 Å². The van der Waals surface area contributed by atoms with Gasteiger partial charge in [0.15, 0.2) is 11.5 Å². The van der Waals surface area contributed by atoms with Crippen LogP contribution in [0.3, 0.4) is 0 Å². The van der Waals surface area contributed by atoms with Gasteiger partial charge in [0.2, 0.25) is 0 Å². The molecule has 1 aliphatic heterocycles. The average Bonchev–Trinajstić information content (AvgIpc) is 2.96. The van der Waals surface area contributed by atoms with Gasteiger partial charge in [0.1, 0.15) is 12.3 Å². The molecule has 0 saturated heterocycles. The molecule has 1 aromatic heterocycles. The number of carbonyl (C=O) groups excluding carboxylic acids is 1. The fraction of sp³-hybridized carbons (Fsp3) is 0.238. The van der Waals surface area contributed by atoms with Crippen LogP contribution in [-0.4, -0.2) is 39.3 Å². The molecule has 4 rings (SSSR count). The molecule has 138 valence electrons. The maximum Gasteiger partial charge on any atom is 0.274 e. The normalized spacial score (nSPS) is 13.6. The van der Waals surface area contributed by atoms with E-state index in [1.165, 1.54) is 0 Å². The smallest absolute Gasteiger partial charge is 0.274 e. The number of fused-ring (bicyclic) bond motifs is 1. The number of amides is 1. The Hall–Kier alpha value is -3.28. The predicted molar refractivity (Wildman–Crippen MR) is 102 cm³/mol. The highest BCUT2D eigenvalue weighted by atomic mass is 16.5. The van der Waals surface area contributed by atoms with Crippen LogP contribution in [0.1, 0.15) is 27.3 Å². The van der Waals surface area contributed by atoms with Crippen molar-refractivity contribution >= 4 is 5.91 Å². The molecule has 0 atom stereocenters. The topological polar surface area (TPSA) is 78.5 Å². The van der Waals surface area contributed by atoms with E-state index in [0.717, 1.165) is 27.9 Å². The fourth-order valence-corrected chi connectivity index (χ4v) is 3.41. The van der Waals surface area contributed by atoms with Gasteiger partial charge in [-0.3, -0.25) is 9.89 Å². The van der Waals surface area contributed by atoms with Crippen molar-refractivity contribution in [3.8, 4) is 22.6 Å². The summed E-state index contributed by atoms with van der Waals surface area (Å²) in [6.07, 6.45) is 0. The number of nitrogens with zero attached hydrogens (tertiary/aromatic N) is 2. The summed E-state index contributed by atoms with van der Waals surface area (Å²) in [6, 6.07) is 13.4. The Labute approximate surface area is 157 Å². The van der Waals surface area contributed by atoms with Crippen molar-refractivity contribution in [3.63, 3.8) is 0 Å². The first-order valence-electron chi connectivity index (χ1n) is 8.89. The van der Waals surface area contributed by atoms with Gasteiger partial charge >= 0.3 is 0 Å². The highest BCUT2D eigenvalue weighted by Crippen LogP contribution is 2.38. The van der Waals surface area contributed by atoms with Crippen LogP contribution in [0, 0.1) is 13.8 Å². The van der Waals surface area contributed by atoms with Crippen LogP contribution in [0.2, 0.25) is 0 Å². The molecule has 27 heavy (non-hydrogen) atoms. The zero-order valence-electron chi connectivity index (χ0n) is 15.3. The molecule has 0 fully saturated rings. The van der Waals surface area contributed by atoms with Crippen molar-refractivity contribution in [3.05, 3.63) is 65.0 Å². The molecule has 2 N–H and O–H groups in total. The number of hydrogen-bond donors (Lipinski definition) is 2. The number of aromatic nitrogens is 2. The number of ether oxygens (including phenoxy) is 1. The van der Waals surface area contributed by atoms with E-state index in [1.54, 1.807) is 17.0 Å². The summed E-state index contributed by atoms with van der Waals surface area (Å²) >= 11 is 0. The maximum absolute atomic E-state index is 12.8. The molecular formula is C21H21N3O3. The Morgan fingerprint density at radius 2 is 2.04 bits per heavy atom. The van der Waals surface area contributed by atoms with Crippen LogP contribution in [0.5, 0.6) is 11.5 Å². The second kappa shape index (κ2) is 6.79. The van der Waals surface area contributed by atoms with E-state index >= 15 is 0 Å². The van der Waals surface area contributed by atoms with Gasteiger partial charge in [-0.15, -0.1) is 0 Å². The van der Waals surface area contributed by atoms with E-state index in [0.29, 0.717) is 31.1 Å². The van der Waals surface area contributed by atoms with Crippen molar-refractivity contribution < 1.29 is 14.6 Å². The quantitative estimate of drug-likeness (QED) is 0.731. The third kappa shape index (κ3) is 3.26. The van der Waals surface area contributed by atoms with Gasteiger partial charge in [0.25, 0.3) is 5.91 Å². The monoisotopic (exact) mass is 363 g/mol. The first kappa shape index (κ1) is 17.1. The van der Waals surface area contributed by atoms with Crippen LogP contribution >= 0.6 is 0 Å². The molecule has 0 unspecified atom stereocenters. The first-order valence-corrected chi connectivity index (χ1v) is 8.89. The molecule has 0 bridgehead atoms. The number of nitrogens with one attached hydrogen (secondary N) is 1. The van der Waals surface area contributed by atoms with Crippen molar-refractivity contribution in [1.82, 2.24) is 15.1 Å². The Bertz CT molecular complexity index is 1010. The number of phenolic OH excluding ortho intramolecular Hbond substituents is 1. The second-order valence-corrected chi connectivity index (χ2v) is 6.81. The van der Waals surface area contributed by atoms with E-state index in [9.17, 15) is 9.90 Å². The number of phenols is 1. The SMILES string of the molecule is Cc1cc(C(=O)N2CCOc3c(O)cc(-c4ccccc4C)cc3C2)n[nH]1. The van der Waals surface area contributed by atoms with Crippen LogP contribution in [0.15, 0.2) is 42.5 Å². The van der Waals surface area contributed by atoms with Crippen molar-refractivity contribution in [1.29, 1.82) is 0 Å². The molecule has 2 heterocycles. The number of aryl methyl sites for hydroxylation is 2. The summed E-state index contributed by atoms with van der Waals surface area (Å²) < 4.78 is 5.75. The van der Waals surface area contributed by atoms with E-state index in [4.69, 9.17) is 4.74 Å². The summed E-state index contributed by atoms with van der Waals surface area (Å²) in [5.74, 6) is 0.382. The minimum absolute atomic E-state index is 0.0932. The number of aromatic hydroxyl groups is 1. The molecule has 2 aromatic carbocycles. The Morgan fingerprint density at radius 1 is 1.22 bits per heavy atom. The van der Waals surface area contributed by atoms with Crippen molar-refractivity contribution in [2.24, 2.45) is 0 Å². The lowest BCUT2D eigenvalue weighted by atomic mass is 9.98. The summed E-state index contributed by atoms with van der Waals surface area (Å²) in [6.45, 7) is 4.99. The van der Waals surface area contributed by atoms with Gasteiger partial charge in [-0.2, -0.15) is 5.10 Å². The number of hydrogen-bond acceptors (Lipinski definition) is 4. The van der Waals surface area contributed by atoms with E-state index < -0.39 is 0 Å². The Morgan fingerprint density at radius 3 is 2.78 bits per heavy atom. The van der Waals surface area contributed by atoms with Gasteiger partial charge in [0, 0.05) is 17.8 Å². The fourth-order valence-electron chi connectivity index (χ4n) is 3.41. The average molecular weight is 363 g/mol. The lowest BCUT2D eigenvalue weighted by molar-refractivity contribution is 0.0727. The number of carbonyl (C=O) groups is 1. The minimum atomic E-state index is -0.156. The van der Waals surface area contributed by atoms with Gasteiger partial charge in [-0.05, 0) is 48.7 Å². The third-order valence-electron chi connectivity index (χ3n) is 4.78. The molecule has 3 aromatic rings. The third-order valence-corrected chi connectivity index (χ3v) is 4.78. The number of aromatic amines is 1. The van der Waals surface area contributed by atoms with Crippen LogP contribution in [0.25, 0.3) is 11.1 Å². The minimum Gasteiger partial charge on any atom is -0.504 e. The standard InChI is InChI=1S/C21H21N3O3/c1-13-5-3-4-6-17(13)15-10-16-12-24(7-8-27-20(16)19(25)11-15)21(26)18-9-14(2)22-23-18/h3-6,9-11,25H,7-8,12H2,1-2H3,(H,22,23). The number of benzene rings is 2. The Balaban J connectivity index is 1.71. The number of rotatable bonds is 2. The highest BCUT2D eigenvalue weighted by molar-refractivity contribution is 5.92. The highest BCUT2D eigenvalue weighted by Gasteiger charge is 2.25. The summed E-state index contributed by atoms with van der Waals surface area (Å²) in [5, 5.41) is 17.4. The summed E-state index contributed by atoms with van der Waals surface area (Å²) in [5.41, 5.74) is 5.07. The molecule has 0 spiro atoms. The molecule has 6 heteroatoms. The Kier molecular flexibility index (Phi) is 4.32. The van der Waals surface area contributed by atoms with Gasteiger partial charge < -0.3 is 14.7 Å². The predicted octanol–water partition coefficient (Wildman–Crippen LogP) is 3.43. The molecule has 0 radical (unpaired) electrons. The molecule has 1 amide bonds. The maximum atomic E-state index is 12.8. The van der Waals surface area contributed by atoms with Gasteiger partial charge in [-0.25, -0.2) is 0 Å². The number of H-pyrrole nitrogens is 1. The first-order chi connectivity index (χ1) is 13.0. The zero-order chi connectivity index (χ0) is 19.0. The second-order valence-electron chi connectivity index (χ2n) is 6.81. The molecule has 0 aliphatic carbocycles.